The molecule has 0 aliphatic rings. The van der Waals surface area contributed by atoms with Crippen LogP contribution in [0.3, 0.4) is 0 Å². The summed E-state index contributed by atoms with van der Waals surface area (Å²) in [6.07, 6.45) is 2.92. The van der Waals surface area contributed by atoms with Gasteiger partial charge in [-0.15, -0.1) is 0 Å². The van der Waals surface area contributed by atoms with Gasteiger partial charge in [-0.25, -0.2) is 9.64 Å². The number of hydrogen-bond donors (Lipinski definition) is 0. The van der Waals surface area contributed by atoms with E-state index in [1.807, 2.05) is 6.07 Å². The minimum absolute atomic E-state index is 0.355. The number of ether oxygens (including phenoxy) is 1. The SMILES string of the molecule is [C-]#[N+]c1ccccc1C=CC(=O)OCC. The molecule has 3 nitrogen and oxygen atoms in total. The van der Waals surface area contributed by atoms with Crippen LogP contribution < -0.4 is 0 Å². The molecular formula is C12H11NO2. The van der Waals surface area contributed by atoms with Gasteiger partial charge in [0.05, 0.1) is 13.2 Å². The molecular weight excluding hydrogens is 190 g/mol. The van der Waals surface area contributed by atoms with Crippen molar-refractivity contribution in [2.75, 3.05) is 6.61 Å². The lowest BCUT2D eigenvalue weighted by Crippen LogP contribution is -1.98. The maximum Gasteiger partial charge on any atom is 0.330 e. The Morgan fingerprint density at radius 3 is 2.93 bits per heavy atom. The van der Waals surface area contributed by atoms with Crippen LogP contribution in [0.2, 0.25) is 0 Å². The molecule has 0 aromatic heterocycles. The Morgan fingerprint density at radius 2 is 2.27 bits per heavy atom. The van der Waals surface area contributed by atoms with Crippen LogP contribution in [0.1, 0.15) is 12.5 Å². The second-order valence-corrected chi connectivity index (χ2v) is 2.76. The zero-order valence-corrected chi connectivity index (χ0v) is 8.43. The fraction of sp³-hybridized carbons (Fsp3) is 0.167. The van der Waals surface area contributed by atoms with Crippen molar-refractivity contribution in [3.05, 3.63) is 47.3 Å². The van der Waals surface area contributed by atoms with E-state index in [2.05, 4.69) is 4.85 Å². The number of hydrogen-bond acceptors (Lipinski definition) is 2. The quantitative estimate of drug-likeness (QED) is 0.427. The topological polar surface area (TPSA) is 30.7 Å². The predicted octanol–water partition coefficient (Wildman–Crippen LogP) is 2.81. The smallest absolute Gasteiger partial charge is 0.330 e. The van der Waals surface area contributed by atoms with Crippen LogP contribution in [-0.4, -0.2) is 12.6 Å². The Bertz CT molecular complexity index is 416. The first-order chi connectivity index (χ1) is 7.27. The molecule has 76 valence electrons. The Kier molecular flexibility index (Phi) is 4.11. The van der Waals surface area contributed by atoms with Crippen molar-refractivity contribution in [2.24, 2.45) is 0 Å². The van der Waals surface area contributed by atoms with Gasteiger partial charge in [-0.3, -0.25) is 0 Å². The highest BCUT2D eigenvalue weighted by atomic mass is 16.5. The number of benzene rings is 1. The first-order valence-electron chi connectivity index (χ1n) is 4.59. The second-order valence-electron chi connectivity index (χ2n) is 2.76. The largest absolute Gasteiger partial charge is 0.463 e. The van der Waals surface area contributed by atoms with Crippen LogP contribution in [0.4, 0.5) is 5.69 Å². The summed E-state index contributed by atoms with van der Waals surface area (Å²) < 4.78 is 4.73. The molecule has 1 aromatic carbocycles. The van der Waals surface area contributed by atoms with Gasteiger partial charge in [0.1, 0.15) is 0 Å². The van der Waals surface area contributed by atoms with E-state index in [0.717, 1.165) is 5.56 Å². The highest BCUT2D eigenvalue weighted by Crippen LogP contribution is 2.19. The Hall–Kier alpha value is -2.08. The fourth-order valence-corrected chi connectivity index (χ4v) is 1.08. The fourth-order valence-electron chi connectivity index (χ4n) is 1.08. The Morgan fingerprint density at radius 1 is 1.53 bits per heavy atom. The summed E-state index contributed by atoms with van der Waals surface area (Å²) in [6, 6.07) is 7.09. The Labute approximate surface area is 88.8 Å². The van der Waals surface area contributed by atoms with Crippen LogP contribution >= 0.6 is 0 Å². The van der Waals surface area contributed by atoms with E-state index in [-0.39, 0.29) is 0 Å². The molecule has 0 heterocycles. The number of nitrogens with zero attached hydrogens (tertiary/aromatic N) is 1. The molecule has 0 fully saturated rings. The summed E-state index contributed by atoms with van der Waals surface area (Å²) in [6.45, 7) is 9.03. The molecule has 1 rings (SSSR count). The maximum atomic E-state index is 11.0. The van der Waals surface area contributed by atoms with Crippen LogP contribution in [-0.2, 0) is 9.53 Å². The molecule has 0 N–H and O–H groups in total. The molecule has 0 saturated carbocycles. The summed E-state index contributed by atoms with van der Waals surface area (Å²) >= 11 is 0. The highest BCUT2D eigenvalue weighted by molar-refractivity contribution is 5.88. The summed E-state index contributed by atoms with van der Waals surface area (Å²) in [5.74, 6) is -0.391. The summed E-state index contributed by atoms with van der Waals surface area (Å²) in [4.78, 5) is 14.4. The normalized spacial score (nSPS) is 9.87. The van der Waals surface area contributed by atoms with Gasteiger partial charge in [0, 0.05) is 6.08 Å². The molecule has 0 radical (unpaired) electrons. The van der Waals surface area contributed by atoms with Crippen LogP contribution in [0.25, 0.3) is 10.9 Å². The molecule has 0 aliphatic heterocycles. The van der Waals surface area contributed by atoms with E-state index in [9.17, 15) is 4.79 Å². The van der Waals surface area contributed by atoms with E-state index in [1.54, 1.807) is 31.2 Å². The van der Waals surface area contributed by atoms with Gasteiger partial charge in [-0.05, 0) is 12.5 Å². The van der Waals surface area contributed by atoms with Gasteiger partial charge in [0.25, 0.3) is 0 Å². The maximum absolute atomic E-state index is 11.0. The van der Waals surface area contributed by atoms with Gasteiger partial charge in [-0.2, -0.15) is 0 Å². The van der Waals surface area contributed by atoms with Crippen LogP contribution in [0.5, 0.6) is 0 Å². The standard InChI is InChI=1S/C12H11NO2/c1-3-15-12(14)9-8-10-6-4-5-7-11(10)13-2/h4-9H,3H2,1H3. The van der Waals surface area contributed by atoms with E-state index in [0.29, 0.717) is 12.3 Å². The molecule has 0 saturated heterocycles. The second kappa shape index (κ2) is 5.61. The van der Waals surface area contributed by atoms with Gasteiger partial charge < -0.3 is 4.74 Å². The van der Waals surface area contributed by atoms with Crippen molar-refractivity contribution < 1.29 is 9.53 Å². The van der Waals surface area contributed by atoms with Gasteiger partial charge >= 0.3 is 5.97 Å². The number of rotatable bonds is 3. The van der Waals surface area contributed by atoms with Gasteiger partial charge in [0.2, 0.25) is 0 Å². The molecule has 15 heavy (non-hydrogen) atoms. The molecule has 0 spiro atoms. The van der Waals surface area contributed by atoms with E-state index >= 15 is 0 Å². The van der Waals surface area contributed by atoms with Crippen molar-refractivity contribution in [1.29, 1.82) is 0 Å². The van der Waals surface area contributed by atoms with Crippen molar-refractivity contribution in [3.63, 3.8) is 0 Å². The number of carbonyl (C=O) groups is 1. The number of para-hydroxylation sites is 1. The van der Waals surface area contributed by atoms with Crippen LogP contribution in [0, 0.1) is 6.57 Å². The first kappa shape index (κ1) is 11.0. The average Bonchev–Trinajstić information content (AvgIpc) is 2.27. The van der Waals surface area contributed by atoms with Gasteiger partial charge in [0.15, 0.2) is 5.69 Å². The van der Waals surface area contributed by atoms with E-state index in [4.69, 9.17) is 11.3 Å². The summed E-state index contributed by atoms with van der Waals surface area (Å²) in [5, 5.41) is 0. The first-order valence-corrected chi connectivity index (χ1v) is 4.59. The molecule has 0 aliphatic carbocycles. The summed E-state index contributed by atoms with van der Waals surface area (Å²) in [7, 11) is 0. The minimum Gasteiger partial charge on any atom is -0.463 e. The third kappa shape index (κ3) is 3.28. The lowest BCUT2D eigenvalue weighted by molar-refractivity contribution is -0.137. The van der Waals surface area contributed by atoms with Crippen molar-refractivity contribution in [3.8, 4) is 0 Å². The molecule has 0 unspecified atom stereocenters. The third-order valence-electron chi connectivity index (χ3n) is 1.74. The highest BCUT2D eigenvalue weighted by Gasteiger charge is 1.98. The molecule has 1 aromatic rings. The molecule has 0 amide bonds. The van der Waals surface area contributed by atoms with Gasteiger partial charge in [-0.1, -0.05) is 30.3 Å². The van der Waals surface area contributed by atoms with Crippen molar-refractivity contribution in [1.82, 2.24) is 0 Å². The average molecular weight is 201 g/mol. The molecule has 0 bridgehead atoms. The van der Waals surface area contributed by atoms with Crippen LogP contribution in [0.15, 0.2) is 30.3 Å². The lowest BCUT2D eigenvalue weighted by Gasteiger charge is -1.97. The van der Waals surface area contributed by atoms with E-state index in [1.165, 1.54) is 6.08 Å². The van der Waals surface area contributed by atoms with E-state index < -0.39 is 5.97 Å². The third-order valence-corrected chi connectivity index (χ3v) is 1.74. The zero-order valence-electron chi connectivity index (χ0n) is 8.43. The molecule has 3 heteroatoms. The predicted molar refractivity (Wildman–Crippen MR) is 58.4 cm³/mol. The monoisotopic (exact) mass is 201 g/mol. The summed E-state index contributed by atoms with van der Waals surface area (Å²) in [5.41, 5.74) is 1.25. The van der Waals surface area contributed by atoms with Crippen molar-refractivity contribution >= 4 is 17.7 Å². The molecule has 0 atom stereocenters. The minimum atomic E-state index is -0.391. The zero-order chi connectivity index (χ0) is 11.1. The lowest BCUT2D eigenvalue weighted by atomic mass is 10.1. The Balaban J connectivity index is 2.81. The number of esters is 1. The number of carbonyl (C=O) groups excluding carboxylic acids is 1. The van der Waals surface area contributed by atoms with Crippen molar-refractivity contribution in [2.45, 2.75) is 6.92 Å².